The highest BCUT2D eigenvalue weighted by Gasteiger charge is 2.23. The van der Waals surface area contributed by atoms with Crippen LogP contribution in [0.15, 0.2) is 24.3 Å². The third kappa shape index (κ3) is 3.23. The zero-order chi connectivity index (χ0) is 12.3. The first kappa shape index (κ1) is 12.9. The number of hydrogen-bond acceptors (Lipinski definition) is 1. The van der Waals surface area contributed by atoms with E-state index in [0.29, 0.717) is 11.9 Å². The van der Waals surface area contributed by atoms with Crippen LogP contribution in [0.4, 0.5) is 0 Å². The highest BCUT2D eigenvalue weighted by Crippen LogP contribution is 2.28. The number of aryl methyl sites for hydroxylation is 1. The Labute approximate surface area is 110 Å². The van der Waals surface area contributed by atoms with Crippen LogP contribution >= 0.6 is 11.6 Å². The van der Waals surface area contributed by atoms with Crippen molar-refractivity contribution >= 4 is 11.6 Å². The van der Waals surface area contributed by atoms with Gasteiger partial charge in [-0.05, 0) is 44.3 Å². The van der Waals surface area contributed by atoms with Crippen LogP contribution in [0.1, 0.15) is 36.9 Å². The van der Waals surface area contributed by atoms with Gasteiger partial charge in [-0.1, -0.05) is 36.8 Å². The van der Waals surface area contributed by atoms with E-state index < -0.39 is 0 Å². The van der Waals surface area contributed by atoms with Crippen LogP contribution in [0.3, 0.4) is 0 Å². The zero-order valence-electron chi connectivity index (χ0n) is 10.8. The Kier molecular flexibility index (Phi) is 4.47. The smallest absolute Gasteiger partial charge is 0.0483 e. The summed E-state index contributed by atoms with van der Waals surface area (Å²) < 4.78 is 0. The van der Waals surface area contributed by atoms with E-state index in [0.717, 1.165) is 5.92 Å². The maximum atomic E-state index is 6.18. The maximum Gasteiger partial charge on any atom is 0.0483 e. The molecule has 1 fully saturated rings. The molecule has 1 unspecified atom stereocenters. The first-order valence-electron chi connectivity index (χ1n) is 6.57. The lowest BCUT2D eigenvalue weighted by molar-refractivity contribution is 0.149. The van der Waals surface area contributed by atoms with Gasteiger partial charge in [0, 0.05) is 11.9 Å². The van der Waals surface area contributed by atoms with Crippen molar-refractivity contribution in [3.05, 3.63) is 35.4 Å². The lowest BCUT2D eigenvalue weighted by Gasteiger charge is -2.36. The summed E-state index contributed by atoms with van der Waals surface area (Å²) in [6.07, 6.45) is 2.61. The molecule has 1 aromatic rings. The minimum absolute atomic E-state index is 0.393. The normalized spacial score (nSPS) is 20.4. The fourth-order valence-electron chi connectivity index (χ4n) is 2.62. The Bertz CT molecular complexity index is 356. The Morgan fingerprint density at radius 3 is 2.65 bits per heavy atom. The number of likely N-dealkylation sites (tertiary alicyclic amines) is 1. The van der Waals surface area contributed by atoms with Gasteiger partial charge >= 0.3 is 0 Å². The molecule has 0 saturated carbocycles. The van der Waals surface area contributed by atoms with Crippen molar-refractivity contribution in [2.75, 3.05) is 19.0 Å². The van der Waals surface area contributed by atoms with E-state index in [9.17, 15) is 0 Å². The average Bonchev–Trinajstić information content (AvgIpc) is 2.33. The van der Waals surface area contributed by atoms with E-state index in [1.165, 1.54) is 37.1 Å². The first-order chi connectivity index (χ1) is 8.20. The molecule has 2 rings (SSSR count). The molecule has 17 heavy (non-hydrogen) atoms. The van der Waals surface area contributed by atoms with Gasteiger partial charge < -0.3 is 0 Å². The molecule has 1 heterocycles. The Balaban J connectivity index is 2.10. The summed E-state index contributed by atoms with van der Waals surface area (Å²) in [6, 6.07) is 9.15. The van der Waals surface area contributed by atoms with E-state index in [1.54, 1.807) is 0 Å². The number of piperidine rings is 1. The monoisotopic (exact) mass is 251 g/mol. The summed E-state index contributed by atoms with van der Waals surface area (Å²) in [5.41, 5.74) is 2.69. The van der Waals surface area contributed by atoms with Crippen molar-refractivity contribution in [2.24, 2.45) is 5.92 Å². The number of benzene rings is 1. The van der Waals surface area contributed by atoms with Gasteiger partial charge in [-0.2, -0.15) is 0 Å². The lowest BCUT2D eigenvalue weighted by atomic mass is 9.96. The lowest BCUT2D eigenvalue weighted by Crippen LogP contribution is -2.37. The first-order valence-corrected chi connectivity index (χ1v) is 7.10. The van der Waals surface area contributed by atoms with E-state index in [2.05, 4.69) is 43.0 Å². The quantitative estimate of drug-likeness (QED) is 0.734. The topological polar surface area (TPSA) is 3.24 Å². The largest absolute Gasteiger partial charge is 0.295 e. The standard InChI is InChI=1S/C15H22ClN/c1-12-6-8-17(9-7-12)15(11-16)14-5-3-4-13(2)10-14/h3-5,10,12,15H,6-9,11H2,1-2H3. The molecular formula is C15H22ClN. The maximum absolute atomic E-state index is 6.18. The van der Waals surface area contributed by atoms with Gasteiger partial charge in [0.2, 0.25) is 0 Å². The molecule has 0 N–H and O–H groups in total. The zero-order valence-corrected chi connectivity index (χ0v) is 11.6. The van der Waals surface area contributed by atoms with Crippen LogP contribution in [0.2, 0.25) is 0 Å². The number of hydrogen-bond donors (Lipinski definition) is 0. The van der Waals surface area contributed by atoms with Gasteiger partial charge in [0.1, 0.15) is 0 Å². The highest BCUT2D eigenvalue weighted by molar-refractivity contribution is 6.18. The van der Waals surface area contributed by atoms with Gasteiger partial charge in [-0.3, -0.25) is 4.90 Å². The van der Waals surface area contributed by atoms with Crippen LogP contribution in [0.25, 0.3) is 0 Å². The number of halogens is 1. The fraction of sp³-hybridized carbons (Fsp3) is 0.600. The molecule has 2 heteroatoms. The Morgan fingerprint density at radius 2 is 2.06 bits per heavy atom. The van der Waals surface area contributed by atoms with Crippen LogP contribution < -0.4 is 0 Å². The van der Waals surface area contributed by atoms with E-state index in [1.807, 2.05) is 0 Å². The van der Waals surface area contributed by atoms with Crippen molar-refractivity contribution in [3.63, 3.8) is 0 Å². The average molecular weight is 252 g/mol. The van der Waals surface area contributed by atoms with Crippen molar-refractivity contribution in [3.8, 4) is 0 Å². The summed E-state index contributed by atoms with van der Waals surface area (Å²) in [7, 11) is 0. The fourth-order valence-corrected chi connectivity index (χ4v) is 2.99. The molecule has 1 atom stereocenters. The van der Waals surface area contributed by atoms with E-state index >= 15 is 0 Å². The van der Waals surface area contributed by atoms with Crippen LogP contribution in [0, 0.1) is 12.8 Å². The Hall–Kier alpha value is -0.530. The van der Waals surface area contributed by atoms with Crippen LogP contribution in [-0.2, 0) is 0 Å². The van der Waals surface area contributed by atoms with Crippen molar-refractivity contribution in [1.29, 1.82) is 0 Å². The van der Waals surface area contributed by atoms with Gasteiger partial charge in [0.05, 0.1) is 0 Å². The van der Waals surface area contributed by atoms with Crippen LogP contribution in [0.5, 0.6) is 0 Å². The van der Waals surface area contributed by atoms with Gasteiger partial charge in [0.15, 0.2) is 0 Å². The molecule has 1 aliphatic rings. The van der Waals surface area contributed by atoms with E-state index in [-0.39, 0.29) is 0 Å². The third-order valence-electron chi connectivity index (χ3n) is 3.83. The van der Waals surface area contributed by atoms with Crippen molar-refractivity contribution < 1.29 is 0 Å². The second-order valence-electron chi connectivity index (χ2n) is 5.30. The summed E-state index contributed by atoms with van der Waals surface area (Å²) in [4.78, 5) is 2.54. The molecule has 94 valence electrons. The predicted octanol–water partition coefficient (Wildman–Crippen LogP) is 4.01. The second kappa shape index (κ2) is 5.88. The minimum Gasteiger partial charge on any atom is -0.295 e. The summed E-state index contributed by atoms with van der Waals surface area (Å²) in [5.74, 6) is 1.57. The number of nitrogens with zero attached hydrogens (tertiary/aromatic N) is 1. The molecule has 1 saturated heterocycles. The molecule has 0 spiro atoms. The van der Waals surface area contributed by atoms with Gasteiger partial charge in [-0.25, -0.2) is 0 Å². The molecule has 1 aliphatic heterocycles. The second-order valence-corrected chi connectivity index (χ2v) is 5.61. The minimum atomic E-state index is 0.393. The molecule has 0 aliphatic carbocycles. The summed E-state index contributed by atoms with van der Waals surface area (Å²) in [5, 5.41) is 0. The highest BCUT2D eigenvalue weighted by atomic mass is 35.5. The van der Waals surface area contributed by atoms with E-state index in [4.69, 9.17) is 11.6 Å². The van der Waals surface area contributed by atoms with Crippen molar-refractivity contribution in [2.45, 2.75) is 32.7 Å². The molecule has 0 radical (unpaired) electrons. The van der Waals surface area contributed by atoms with Gasteiger partial charge in [-0.15, -0.1) is 11.6 Å². The van der Waals surface area contributed by atoms with Gasteiger partial charge in [0.25, 0.3) is 0 Å². The third-order valence-corrected chi connectivity index (χ3v) is 4.12. The predicted molar refractivity (Wildman–Crippen MR) is 74.6 cm³/mol. The Morgan fingerprint density at radius 1 is 1.35 bits per heavy atom. The molecule has 1 nitrogen and oxygen atoms in total. The number of rotatable bonds is 3. The number of alkyl halides is 1. The summed E-state index contributed by atoms with van der Waals surface area (Å²) in [6.45, 7) is 6.87. The molecule has 0 aromatic heterocycles. The molecule has 0 bridgehead atoms. The SMILES string of the molecule is Cc1cccc(C(CCl)N2CCC(C)CC2)c1. The van der Waals surface area contributed by atoms with Crippen molar-refractivity contribution in [1.82, 2.24) is 4.90 Å². The summed E-state index contributed by atoms with van der Waals surface area (Å²) >= 11 is 6.18. The van der Waals surface area contributed by atoms with Crippen LogP contribution in [-0.4, -0.2) is 23.9 Å². The molecule has 0 amide bonds. The molecule has 1 aromatic carbocycles. The molecular weight excluding hydrogens is 230 g/mol.